The molecule has 1 spiro atoms. The highest BCUT2D eigenvalue weighted by Crippen LogP contribution is 2.41. The third-order valence-corrected chi connectivity index (χ3v) is 5.25. The zero-order valence-corrected chi connectivity index (χ0v) is 13.2. The molecule has 1 aromatic carbocycles. The number of piperidine rings is 2. The first kappa shape index (κ1) is 15.2. The van der Waals surface area contributed by atoms with Crippen molar-refractivity contribution >= 4 is 17.8 Å². The Morgan fingerprint density at radius 3 is 2.59 bits per heavy atom. The maximum atomic E-state index is 10.6. The molecule has 3 rings (SSSR count). The van der Waals surface area contributed by atoms with Crippen LogP contribution in [0.25, 0.3) is 0 Å². The summed E-state index contributed by atoms with van der Waals surface area (Å²) in [5.41, 5.74) is 2.45. The van der Waals surface area contributed by atoms with Crippen molar-refractivity contribution in [3.05, 3.63) is 18.2 Å². The minimum Gasteiger partial charge on any atom is -0.494 e. The highest BCUT2D eigenvalue weighted by molar-refractivity contribution is 5.77. The number of methoxy groups -OCH3 is 1. The van der Waals surface area contributed by atoms with E-state index >= 15 is 0 Å². The standard InChI is InChI=1S/C17H25N3O2/c1-22-16-12-14(2-3-15(16)19-13-21)20-10-6-17(7-11-20)4-8-18-9-5-17/h2-3,12-13,18H,4-11H2,1H3,(H,19,21). The van der Waals surface area contributed by atoms with Crippen molar-refractivity contribution in [3.8, 4) is 5.75 Å². The Kier molecular flexibility index (Phi) is 4.52. The van der Waals surface area contributed by atoms with Crippen molar-refractivity contribution in [3.63, 3.8) is 0 Å². The Balaban J connectivity index is 1.69. The predicted octanol–water partition coefficient (Wildman–Crippen LogP) is 2.23. The lowest BCUT2D eigenvalue weighted by atomic mass is 9.71. The van der Waals surface area contributed by atoms with Gasteiger partial charge in [-0.05, 0) is 56.3 Å². The molecule has 0 aliphatic carbocycles. The first-order valence-electron chi connectivity index (χ1n) is 8.10. The van der Waals surface area contributed by atoms with Crippen molar-refractivity contribution in [2.45, 2.75) is 25.7 Å². The summed E-state index contributed by atoms with van der Waals surface area (Å²) in [6, 6.07) is 6.00. The highest BCUT2D eigenvalue weighted by atomic mass is 16.5. The molecule has 0 atom stereocenters. The molecule has 1 aromatic rings. The Morgan fingerprint density at radius 2 is 1.95 bits per heavy atom. The first-order valence-corrected chi connectivity index (χ1v) is 8.10. The lowest BCUT2D eigenvalue weighted by Gasteiger charge is -2.45. The van der Waals surface area contributed by atoms with E-state index in [2.05, 4.69) is 21.6 Å². The molecule has 22 heavy (non-hydrogen) atoms. The van der Waals surface area contributed by atoms with E-state index in [-0.39, 0.29) is 0 Å². The second-order valence-electron chi connectivity index (χ2n) is 6.38. The molecule has 0 saturated carbocycles. The van der Waals surface area contributed by atoms with Crippen LogP contribution in [0.4, 0.5) is 11.4 Å². The first-order chi connectivity index (χ1) is 10.8. The quantitative estimate of drug-likeness (QED) is 0.838. The number of ether oxygens (including phenoxy) is 1. The fourth-order valence-electron chi connectivity index (χ4n) is 3.76. The zero-order valence-electron chi connectivity index (χ0n) is 13.2. The minimum absolute atomic E-state index is 0.560. The molecule has 2 N–H and O–H groups in total. The van der Waals surface area contributed by atoms with Crippen molar-refractivity contribution < 1.29 is 9.53 Å². The van der Waals surface area contributed by atoms with E-state index < -0.39 is 0 Å². The molecule has 5 nitrogen and oxygen atoms in total. The number of anilines is 2. The van der Waals surface area contributed by atoms with Crippen LogP contribution in [0.15, 0.2) is 18.2 Å². The maximum absolute atomic E-state index is 10.6. The van der Waals surface area contributed by atoms with E-state index in [0.29, 0.717) is 23.3 Å². The highest BCUT2D eigenvalue weighted by Gasteiger charge is 2.35. The van der Waals surface area contributed by atoms with Crippen LogP contribution in [0.2, 0.25) is 0 Å². The monoisotopic (exact) mass is 303 g/mol. The van der Waals surface area contributed by atoms with Crippen LogP contribution < -0.4 is 20.3 Å². The molecule has 0 bridgehead atoms. The van der Waals surface area contributed by atoms with E-state index in [9.17, 15) is 4.79 Å². The van der Waals surface area contributed by atoms with Gasteiger partial charge >= 0.3 is 0 Å². The summed E-state index contributed by atoms with van der Waals surface area (Å²) in [6.07, 6.45) is 5.84. The number of rotatable bonds is 4. The molecular formula is C17H25N3O2. The molecule has 5 heteroatoms. The maximum Gasteiger partial charge on any atom is 0.211 e. The number of carbonyl (C=O) groups is 1. The van der Waals surface area contributed by atoms with E-state index in [4.69, 9.17) is 4.74 Å². The topological polar surface area (TPSA) is 53.6 Å². The van der Waals surface area contributed by atoms with Crippen molar-refractivity contribution in [1.29, 1.82) is 0 Å². The molecule has 2 aliphatic rings. The number of hydrogen-bond acceptors (Lipinski definition) is 4. The summed E-state index contributed by atoms with van der Waals surface area (Å²) in [5, 5.41) is 6.14. The van der Waals surface area contributed by atoms with Gasteiger partial charge in [0, 0.05) is 24.8 Å². The van der Waals surface area contributed by atoms with Crippen LogP contribution >= 0.6 is 0 Å². The van der Waals surface area contributed by atoms with Gasteiger partial charge in [0.25, 0.3) is 0 Å². The van der Waals surface area contributed by atoms with Crippen LogP contribution in [0.3, 0.4) is 0 Å². The summed E-state index contributed by atoms with van der Waals surface area (Å²) in [7, 11) is 1.63. The molecule has 0 aromatic heterocycles. The molecule has 2 aliphatic heterocycles. The molecule has 0 radical (unpaired) electrons. The number of carbonyl (C=O) groups excluding carboxylic acids is 1. The van der Waals surface area contributed by atoms with E-state index in [1.165, 1.54) is 44.5 Å². The van der Waals surface area contributed by atoms with Gasteiger partial charge in [-0.3, -0.25) is 4.79 Å². The van der Waals surface area contributed by atoms with Crippen LogP contribution in [0.5, 0.6) is 5.75 Å². The predicted molar refractivity (Wildman–Crippen MR) is 88.7 cm³/mol. The third kappa shape index (κ3) is 3.04. The van der Waals surface area contributed by atoms with Crippen LogP contribution in [0, 0.1) is 5.41 Å². The number of nitrogens with zero attached hydrogens (tertiary/aromatic N) is 1. The average Bonchev–Trinajstić information content (AvgIpc) is 2.57. The fraction of sp³-hybridized carbons (Fsp3) is 0.588. The summed E-state index contributed by atoms with van der Waals surface area (Å²) in [4.78, 5) is 13.0. The Morgan fingerprint density at radius 1 is 1.23 bits per heavy atom. The second kappa shape index (κ2) is 6.57. The van der Waals surface area contributed by atoms with Crippen LogP contribution in [0.1, 0.15) is 25.7 Å². The van der Waals surface area contributed by atoms with Gasteiger partial charge in [-0.1, -0.05) is 0 Å². The van der Waals surface area contributed by atoms with E-state index in [0.717, 1.165) is 13.1 Å². The second-order valence-corrected chi connectivity index (χ2v) is 6.38. The number of amides is 1. The average molecular weight is 303 g/mol. The van der Waals surface area contributed by atoms with Gasteiger partial charge in [-0.2, -0.15) is 0 Å². The summed E-state index contributed by atoms with van der Waals surface area (Å²) >= 11 is 0. The van der Waals surface area contributed by atoms with E-state index in [1.807, 2.05) is 12.1 Å². The van der Waals surface area contributed by atoms with Gasteiger partial charge in [-0.15, -0.1) is 0 Å². The van der Waals surface area contributed by atoms with Gasteiger partial charge < -0.3 is 20.3 Å². The lowest BCUT2D eigenvalue weighted by molar-refractivity contribution is -0.105. The third-order valence-electron chi connectivity index (χ3n) is 5.25. The van der Waals surface area contributed by atoms with E-state index in [1.54, 1.807) is 7.11 Å². The van der Waals surface area contributed by atoms with Crippen molar-refractivity contribution in [2.24, 2.45) is 5.41 Å². The zero-order chi connectivity index (χ0) is 15.4. The summed E-state index contributed by atoms with van der Waals surface area (Å²) in [6.45, 7) is 4.53. The van der Waals surface area contributed by atoms with Crippen LogP contribution in [-0.4, -0.2) is 39.7 Å². The number of benzene rings is 1. The van der Waals surface area contributed by atoms with Gasteiger partial charge in [0.15, 0.2) is 0 Å². The largest absolute Gasteiger partial charge is 0.494 e. The van der Waals surface area contributed by atoms with Gasteiger partial charge in [0.2, 0.25) is 6.41 Å². The molecule has 1 amide bonds. The Labute approximate surface area is 132 Å². The Bertz CT molecular complexity index is 517. The normalized spacial score (nSPS) is 20.7. The van der Waals surface area contributed by atoms with Crippen molar-refractivity contribution in [1.82, 2.24) is 5.32 Å². The number of hydrogen-bond donors (Lipinski definition) is 2. The molecule has 2 heterocycles. The lowest BCUT2D eigenvalue weighted by Crippen LogP contribution is -2.45. The van der Waals surface area contributed by atoms with Crippen molar-refractivity contribution in [2.75, 3.05) is 43.5 Å². The summed E-state index contributed by atoms with van der Waals surface area (Å²) < 4.78 is 5.38. The molecule has 2 saturated heterocycles. The molecule has 120 valence electrons. The molecular weight excluding hydrogens is 278 g/mol. The summed E-state index contributed by atoms with van der Waals surface area (Å²) in [5.74, 6) is 0.715. The van der Waals surface area contributed by atoms with Gasteiger partial charge in [-0.25, -0.2) is 0 Å². The molecule has 2 fully saturated rings. The fourth-order valence-corrected chi connectivity index (χ4v) is 3.76. The SMILES string of the molecule is COc1cc(N2CCC3(CCNCC3)CC2)ccc1NC=O. The number of nitrogens with one attached hydrogen (secondary N) is 2. The van der Waals surface area contributed by atoms with Gasteiger partial charge in [0.1, 0.15) is 5.75 Å². The minimum atomic E-state index is 0.560. The Hall–Kier alpha value is -1.75. The van der Waals surface area contributed by atoms with Gasteiger partial charge in [0.05, 0.1) is 12.8 Å². The van der Waals surface area contributed by atoms with Crippen LogP contribution in [-0.2, 0) is 4.79 Å². The smallest absolute Gasteiger partial charge is 0.211 e. The molecule has 0 unspecified atom stereocenters.